The van der Waals surface area contributed by atoms with Crippen LogP contribution in [-0.2, 0) is 4.74 Å². The van der Waals surface area contributed by atoms with Crippen molar-refractivity contribution in [3.05, 3.63) is 84.1 Å². The lowest BCUT2D eigenvalue weighted by atomic mass is 10.1. The molecule has 4 rings (SSSR count). The standard InChI is InChI=1S/C21H19NO3/c23-21(18-10-8-17(9-11-18)19-7-4-13-24-19)22-12-14-25-20(15-22)16-5-2-1-3-6-16/h1-11,13,20H,12,14-15H2/t20-/m1/s1. The van der Waals surface area contributed by atoms with Crippen LogP contribution in [0.15, 0.2) is 77.4 Å². The summed E-state index contributed by atoms with van der Waals surface area (Å²) in [4.78, 5) is 14.7. The number of ether oxygens (including phenoxy) is 1. The zero-order valence-corrected chi connectivity index (χ0v) is 13.8. The summed E-state index contributed by atoms with van der Waals surface area (Å²) in [6.45, 7) is 1.74. The first kappa shape index (κ1) is 15.7. The van der Waals surface area contributed by atoms with Crippen LogP contribution in [0, 0.1) is 0 Å². The number of nitrogens with zero attached hydrogens (tertiary/aromatic N) is 1. The summed E-state index contributed by atoms with van der Waals surface area (Å²) >= 11 is 0. The van der Waals surface area contributed by atoms with Crippen LogP contribution in [0.2, 0.25) is 0 Å². The Hall–Kier alpha value is -2.85. The van der Waals surface area contributed by atoms with Crippen molar-refractivity contribution in [1.29, 1.82) is 0 Å². The van der Waals surface area contributed by atoms with Gasteiger partial charge >= 0.3 is 0 Å². The van der Waals surface area contributed by atoms with Crippen molar-refractivity contribution in [3.8, 4) is 11.3 Å². The normalized spacial score (nSPS) is 17.4. The summed E-state index contributed by atoms with van der Waals surface area (Å²) in [5.41, 5.74) is 2.75. The van der Waals surface area contributed by atoms with E-state index in [0.29, 0.717) is 25.3 Å². The van der Waals surface area contributed by atoms with Crippen LogP contribution in [0.4, 0.5) is 0 Å². The fourth-order valence-corrected chi connectivity index (χ4v) is 3.11. The summed E-state index contributed by atoms with van der Waals surface area (Å²) in [6.07, 6.45) is 1.58. The first-order valence-electron chi connectivity index (χ1n) is 8.41. The second-order valence-corrected chi connectivity index (χ2v) is 6.08. The van der Waals surface area contributed by atoms with Crippen molar-refractivity contribution in [2.75, 3.05) is 19.7 Å². The molecule has 1 aliphatic rings. The fourth-order valence-electron chi connectivity index (χ4n) is 3.11. The zero-order valence-electron chi connectivity index (χ0n) is 13.8. The van der Waals surface area contributed by atoms with Crippen molar-refractivity contribution in [2.24, 2.45) is 0 Å². The Balaban J connectivity index is 1.48. The third-order valence-electron chi connectivity index (χ3n) is 4.46. The van der Waals surface area contributed by atoms with Gasteiger partial charge in [0.2, 0.25) is 0 Å². The van der Waals surface area contributed by atoms with Crippen LogP contribution in [-0.4, -0.2) is 30.5 Å². The second-order valence-electron chi connectivity index (χ2n) is 6.08. The van der Waals surface area contributed by atoms with E-state index in [-0.39, 0.29) is 12.0 Å². The number of hydrogen-bond acceptors (Lipinski definition) is 3. The summed E-state index contributed by atoms with van der Waals surface area (Å²) < 4.78 is 11.2. The van der Waals surface area contributed by atoms with E-state index < -0.39 is 0 Å². The predicted octanol–water partition coefficient (Wildman–Crippen LogP) is 4.16. The van der Waals surface area contributed by atoms with Crippen LogP contribution in [0.1, 0.15) is 22.0 Å². The SMILES string of the molecule is O=C(c1ccc(-c2ccco2)cc1)N1CCO[C@@H](c2ccccc2)C1. The van der Waals surface area contributed by atoms with E-state index in [4.69, 9.17) is 9.15 Å². The van der Waals surface area contributed by atoms with Crippen molar-refractivity contribution < 1.29 is 13.9 Å². The number of morpholine rings is 1. The lowest BCUT2D eigenvalue weighted by molar-refractivity contribution is -0.0228. The lowest BCUT2D eigenvalue weighted by Gasteiger charge is -2.33. The first-order valence-corrected chi connectivity index (χ1v) is 8.41. The van der Waals surface area contributed by atoms with Crippen LogP contribution < -0.4 is 0 Å². The molecule has 0 spiro atoms. The van der Waals surface area contributed by atoms with E-state index in [1.165, 1.54) is 0 Å². The third-order valence-corrected chi connectivity index (χ3v) is 4.46. The second kappa shape index (κ2) is 6.95. The quantitative estimate of drug-likeness (QED) is 0.723. The Bertz CT molecular complexity index is 825. The molecule has 1 aliphatic heterocycles. The molecule has 0 N–H and O–H groups in total. The van der Waals surface area contributed by atoms with Crippen LogP contribution in [0.3, 0.4) is 0 Å². The molecule has 1 atom stereocenters. The van der Waals surface area contributed by atoms with Gasteiger partial charge in [-0.3, -0.25) is 4.79 Å². The molecule has 3 aromatic rings. The molecule has 1 aromatic heterocycles. The van der Waals surface area contributed by atoms with Crippen molar-refractivity contribution in [2.45, 2.75) is 6.10 Å². The summed E-state index contributed by atoms with van der Waals surface area (Å²) in [5.74, 6) is 0.838. The molecule has 0 unspecified atom stereocenters. The van der Waals surface area contributed by atoms with Gasteiger partial charge < -0.3 is 14.1 Å². The summed E-state index contributed by atoms with van der Waals surface area (Å²) in [5, 5.41) is 0. The molecule has 2 heterocycles. The van der Waals surface area contributed by atoms with Gasteiger partial charge in [-0.25, -0.2) is 0 Å². The van der Waals surface area contributed by atoms with Gasteiger partial charge in [0.1, 0.15) is 11.9 Å². The van der Waals surface area contributed by atoms with Gasteiger partial charge in [-0.05, 0) is 29.8 Å². The van der Waals surface area contributed by atoms with E-state index in [0.717, 1.165) is 16.9 Å². The smallest absolute Gasteiger partial charge is 0.254 e. The number of furan rings is 1. The first-order chi connectivity index (χ1) is 12.3. The largest absolute Gasteiger partial charge is 0.464 e. The Labute approximate surface area is 146 Å². The number of carbonyl (C=O) groups is 1. The average molecular weight is 333 g/mol. The molecular formula is C21H19NO3. The highest BCUT2D eigenvalue weighted by Crippen LogP contribution is 2.24. The molecule has 1 amide bonds. The summed E-state index contributed by atoms with van der Waals surface area (Å²) in [6, 6.07) is 21.3. The van der Waals surface area contributed by atoms with Crippen molar-refractivity contribution in [3.63, 3.8) is 0 Å². The molecule has 1 fully saturated rings. The fraction of sp³-hybridized carbons (Fsp3) is 0.190. The molecule has 0 saturated carbocycles. The van der Waals surface area contributed by atoms with Crippen LogP contribution in [0.25, 0.3) is 11.3 Å². The van der Waals surface area contributed by atoms with Gasteiger partial charge in [0.25, 0.3) is 5.91 Å². The van der Waals surface area contributed by atoms with E-state index >= 15 is 0 Å². The Morgan fingerprint density at radius 2 is 1.76 bits per heavy atom. The summed E-state index contributed by atoms with van der Waals surface area (Å²) in [7, 11) is 0. The maximum atomic E-state index is 12.8. The third kappa shape index (κ3) is 3.35. The topological polar surface area (TPSA) is 42.7 Å². The van der Waals surface area contributed by atoms with Crippen molar-refractivity contribution in [1.82, 2.24) is 4.90 Å². The number of benzene rings is 2. The van der Waals surface area contributed by atoms with Gasteiger partial charge in [0, 0.05) is 17.7 Å². The number of amides is 1. The molecule has 4 heteroatoms. The van der Waals surface area contributed by atoms with E-state index in [1.54, 1.807) is 6.26 Å². The zero-order chi connectivity index (χ0) is 17.1. The molecule has 2 aromatic carbocycles. The molecule has 0 bridgehead atoms. The molecule has 0 aliphatic carbocycles. The van der Waals surface area contributed by atoms with Crippen molar-refractivity contribution >= 4 is 5.91 Å². The average Bonchev–Trinajstić information content (AvgIpc) is 3.23. The maximum Gasteiger partial charge on any atom is 0.254 e. The Morgan fingerprint density at radius 1 is 0.960 bits per heavy atom. The van der Waals surface area contributed by atoms with Gasteiger partial charge in [0.15, 0.2) is 0 Å². The van der Waals surface area contributed by atoms with Gasteiger partial charge in [-0.2, -0.15) is 0 Å². The molecule has 126 valence electrons. The molecule has 25 heavy (non-hydrogen) atoms. The number of carbonyl (C=O) groups excluding carboxylic acids is 1. The predicted molar refractivity (Wildman–Crippen MR) is 95.2 cm³/mol. The Morgan fingerprint density at radius 3 is 2.48 bits per heavy atom. The minimum atomic E-state index is -0.0682. The highest BCUT2D eigenvalue weighted by atomic mass is 16.5. The van der Waals surface area contributed by atoms with E-state index in [9.17, 15) is 4.79 Å². The minimum absolute atomic E-state index is 0.0372. The van der Waals surface area contributed by atoms with E-state index in [1.807, 2.05) is 71.6 Å². The lowest BCUT2D eigenvalue weighted by Crippen LogP contribution is -2.42. The number of hydrogen-bond donors (Lipinski definition) is 0. The molecule has 1 saturated heterocycles. The highest BCUT2D eigenvalue weighted by molar-refractivity contribution is 5.94. The monoisotopic (exact) mass is 333 g/mol. The van der Waals surface area contributed by atoms with Crippen LogP contribution in [0.5, 0.6) is 0 Å². The van der Waals surface area contributed by atoms with Gasteiger partial charge in [-0.1, -0.05) is 42.5 Å². The molecule has 4 nitrogen and oxygen atoms in total. The van der Waals surface area contributed by atoms with Gasteiger partial charge in [0.05, 0.1) is 19.4 Å². The molecule has 0 radical (unpaired) electrons. The maximum absolute atomic E-state index is 12.8. The molecular weight excluding hydrogens is 314 g/mol. The highest BCUT2D eigenvalue weighted by Gasteiger charge is 2.26. The number of rotatable bonds is 3. The van der Waals surface area contributed by atoms with Crippen LogP contribution >= 0.6 is 0 Å². The van der Waals surface area contributed by atoms with E-state index in [2.05, 4.69) is 0 Å². The minimum Gasteiger partial charge on any atom is -0.464 e. The van der Waals surface area contributed by atoms with Gasteiger partial charge in [-0.15, -0.1) is 0 Å². The Kier molecular flexibility index (Phi) is 4.36.